The predicted molar refractivity (Wildman–Crippen MR) is 150 cm³/mol. The second-order valence-corrected chi connectivity index (χ2v) is 11.1. The minimum absolute atomic E-state index is 0.0132. The molecule has 3 aromatic rings. The van der Waals surface area contributed by atoms with Crippen LogP contribution in [0.1, 0.15) is 61.9 Å². The Labute approximate surface area is 232 Å². The van der Waals surface area contributed by atoms with E-state index in [4.69, 9.17) is 9.72 Å². The number of para-hydroxylation sites is 2. The molecule has 0 fully saturated rings. The number of imidazole rings is 1. The Morgan fingerprint density at radius 1 is 1.15 bits per heavy atom. The van der Waals surface area contributed by atoms with E-state index in [9.17, 15) is 24.6 Å². The van der Waals surface area contributed by atoms with Crippen LogP contribution < -0.4 is 10.1 Å². The SMILES string of the molecule is CC(=O)c1c(O)c(C)c(O)c2c1OC1=CC(=O)C(=C(C)NCCc3nc4ccccc4n3CC(C)C)C(=O)C12C. The van der Waals surface area contributed by atoms with Gasteiger partial charge in [-0.2, -0.15) is 0 Å². The molecule has 1 atom stereocenters. The van der Waals surface area contributed by atoms with Crippen molar-refractivity contribution in [3.8, 4) is 17.2 Å². The number of hydrogen-bond acceptors (Lipinski definition) is 8. The van der Waals surface area contributed by atoms with E-state index in [-0.39, 0.29) is 39.5 Å². The number of hydrogen-bond donors (Lipinski definition) is 3. The molecule has 1 unspecified atom stereocenters. The van der Waals surface area contributed by atoms with E-state index in [0.717, 1.165) is 23.4 Å². The Morgan fingerprint density at radius 3 is 2.52 bits per heavy atom. The zero-order valence-corrected chi connectivity index (χ0v) is 23.5. The number of carbonyl (C=O) groups is 3. The quantitative estimate of drug-likeness (QED) is 0.227. The Morgan fingerprint density at radius 2 is 1.85 bits per heavy atom. The summed E-state index contributed by atoms with van der Waals surface area (Å²) in [7, 11) is 0. The average molecular weight is 544 g/mol. The zero-order valence-electron chi connectivity index (χ0n) is 23.5. The topological polar surface area (TPSA) is 131 Å². The van der Waals surface area contributed by atoms with Crippen molar-refractivity contribution in [2.45, 2.75) is 59.9 Å². The summed E-state index contributed by atoms with van der Waals surface area (Å²) in [5.41, 5.74) is 0.791. The fourth-order valence-electron chi connectivity index (χ4n) is 5.70. The number of nitrogens with zero attached hydrogens (tertiary/aromatic N) is 2. The molecule has 1 aliphatic heterocycles. The van der Waals surface area contributed by atoms with Gasteiger partial charge in [0.05, 0.1) is 22.2 Å². The van der Waals surface area contributed by atoms with Gasteiger partial charge in [-0.05, 0) is 45.7 Å². The number of phenolic OH excluding ortho intramolecular Hbond substituents is 2. The maximum Gasteiger partial charge on any atom is 0.194 e. The van der Waals surface area contributed by atoms with Crippen molar-refractivity contribution in [1.82, 2.24) is 14.9 Å². The van der Waals surface area contributed by atoms with Gasteiger partial charge in [-0.3, -0.25) is 14.4 Å². The van der Waals surface area contributed by atoms with Gasteiger partial charge in [-0.25, -0.2) is 4.98 Å². The molecular formula is C31H33N3O6. The lowest BCUT2D eigenvalue weighted by Crippen LogP contribution is -2.41. The van der Waals surface area contributed by atoms with Crippen LogP contribution in [0.2, 0.25) is 0 Å². The van der Waals surface area contributed by atoms with E-state index >= 15 is 0 Å². The van der Waals surface area contributed by atoms with Crippen molar-refractivity contribution in [3.63, 3.8) is 0 Å². The van der Waals surface area contributed by atoms with E-state index in [0.29, 0.717) is 24.6 Å². The third kappa shape index (κ3) is 3.99. The Kier molecular flexibility index (Phi) is 6.56. The van der Waals surface area contributed by atoms with Crippen LogP contribution in [0.4, 0.5) is 0 Å². The fourth-order valence-corrected chi connectivity index (χ4v) is 5.70. The van der Waals surface area contributed by atoms with Gasteiger partial charge in [0.1, 0.15) is 39.8 Å². The molecule has 208 valence electrons. The second kappa shape index (κ2) is 9.66. The molecule has 9 heteroatoms. The highest BCUT2D eigenvalue weighted by atomic mass is 16.5. The average Bonchev–Trinajstić information content (AvgIpc) is 3.37. The van der Waals surface area contributed by atoms with E-state index in [1.807, 2.05) is 18.2 Å². The minimum atomic E-state index is -1.54. The van der Waals surface area contributed by atoms with E-state index in [1.165, 1.54) is 19.9 Å². The molecule has 0 saturated carbocycles. The molecule has 0 amide bonds. The maximum absolute atomic E-state index is 14.0. The third-order valence-electron chi connectivity index (χ3n) is 7.78. The number of aromatic hydroxyl groups is 2. The molecule has 0 radical (unpaired) electrons. The number of allylic oxidation sites excluding steroid dienone is 4. The molecule has 2 aliphatic rings. The van der Waals surface area contributed by atoms with Crippen LogP contribution in [0.5, 0.6) is 17.2 Å². The lowest BCUT2D eigenvalue weighted by atomic mass is 9.70. The van der Waals surface area contributed by atoms with Crippen LogP contribution in [0, 0.1) is 12.8 Å². The number of benzene rings is 2. The first-order chi connectivity index (χ1) is 18.9. The number of nitrogens with one attached hydrogen (secondary N) is 1. The van der Waals surface area contributed by atoms with Crippen LogP contribution in [-0.4, -0.2) is 43.7 Å². The standard InChI is InChI=1S/C31H33N3O6/c1-15(2)14-34-20-10-8-7-9-19(20)33-23(34)11-12-32-17(4)24-21(36)13-22-31(6,30(24)39)26-28(38)16(3)27(37)25(18(5)35)29(26)40-22/h7-10,13,15,32,37-38H,11-12,14H2,1-6H3. The van der Waals surface area contributed by atoms with E-state index in [2.05, 4.69) is 29.8 Å². The van der Waals surface area contributed by atoms with Gasteiger partial charge < -0.3 is 24.8 Å². The van der Waals surface area contributed by atoms with Crippen molar-refractivity contribution >= 4 is 28.4 Å². The van der Waals surface area contributed by atoms with Crippen molar-refractivity contribution in [3.05, 3.63) is 69.9 Å². The van der Waals surface area contributed by atoms with Crippen molar-refractivity contribution in [1.29, 1.82) is 0 Å². The van der Waals surface area contributed by atoms with Crippen molar-refractivity contribution in [2.75, 3.05) is 6.54 Å². The Bertz CT molecular complexity index is 1680. The monoisotopic (exact) mass is 543 g/mol. The van der Waals surface area contributed by atoms with Crippen LogP contribution >= 0.6 is 0 Å². The van der Waals surface area contributed by atoms with E-state index < -0.39 is 28.5 Å². The van der Waals surface area contributed by atoms with Crippen LogP contribution in [0.25, 0.3) is 11.0 Å². The molecule has 5 rings (SSSR count). The summed E-state index contributed by atoms with van der Waals surface area (Å²) >= 11 is 0. The summed E-state index contributed by atoms with van der Waals surface area (Å²) in [6.45, 7) is 11.5. The lowest BCUT2D eigenvalue weighted by molar-refractivity contribution is -0.123. The number of ketones is 3. The minimum Gasteiger partial charge on any atom is -0.507 e. The first-order valence-corrected chi connectivity index (χ1v) is 13.4. The molecule has 0 bridgehead atoms. The molecular weight excluding hydrogens is 510 g/mol. The number of aromatic nitrogens is 2. The van der Waals surface area contributed by atoms with Crippen LogP contribution in [-0.2, 0) is 28.0 Å². The van der Waals surface area contributed by atoms with Gasteiger partial charge in [0.2, 0.25) is 0 Å². The number of rotatable bonds is 7. The molecule has 1 aliphatic carbocycles. The molecule has 0 saturated heterocycles. The van der Waals surface area contributed by atoms with Crippen LogP contribution in [0.15, 0.2) is 47.4 Å². The second-order valence-electron chi connectivity index (χ2n) is 11.1. The highest BCUT2D eigenvalue weighted by Gasteiger charge is 2.56. The van der Waals surface area contributed by atoms with Gasteiger partial charge in [0.25, 0.3) is 0 Å². The molecule has 3 N–H and O–H groups in total. The summed E-state index contributed by atoms with van der Waals surface area (Å²) < 4.78 is 8.03. The Hall–Kier alpha value is -4.40. The fraction of sp³-hybridized carbons (Fsp3) is 0.355. The molecule has 2 aromatic carbocycles. The largest absolute Gasteiger partial charge is 0.507 e. The molecule has 2 heterocycles. The lowest BCUT2D eigenvalue weighted by Gasteiger charge is -2.29. The number of Topliss-reactive ketones (excluding diaryl/α,β-unsaturated/α-hetero) is 2. The molecule has 0 spiro atoms. The zero-order chi connectivity index (χ0) is 29.1. The van der Waals surface area contributed by atoms with Crippen molar-refractivity contribution in [2.24, 2.45) is 5.92 Å². The summed E-state index contributed by atoms with van der Waals surface area (Å²) in [5, 5.41) is 24.7. The maximum atomic E-state index is 14.0. The summed E-state index contributed by atoms with van der Waals surface area (Å²) in [6, 6.07) is 7.98. The number of fused-ring (bicyclic) bond motifs is 4. The van der Waals surface area contributed by atoms with Gasteiger partial charge >= 0.3 is 0 Å². The molecule has 1 aromatic heterocycles. The van der Waals surface area contributed by atoms with Crippen molar-refractivity contribution < 1.29 is 29.3 Å². The van der Waals surface area contributed by atoms with Gasteiger partial charge in [-0.15, -0.1) is 0 Å². The summed E-state index contributed by atoms with van der Waals surface area (Å²) in [4.78, 5) is 44.3. The van der Waals surface area contributed by atoms with Gasteiger partial charge in [-0.1, -0.05) is 26.0 Å². The normalized spacial score (nSPS) is 19.4. The Balaban J connectivity index is 1.48. The van der Waals surface area contributed by atoms with E-state index in [1.54, 1.807) is 13.8 Å². The van der Waals surface area contributed by atoms with Gasteiger partial charge in [0.15, 0.2) is 17.3 Å². The highest BCUT2D eigenvalue weighted by molar-refractivity contribution is 6.31. The molecule has 9 nitrogen and oxygen atoms in total. The predicted octanol–water partition coefficient (Wildman–Crippen LogP) is 4.41. The summed E-state index contributed by atoms with van der Waals surface area (Å²) in [6.07, 6.45) is 1.79. The summed E-state index contributed by atoms with van der Waals surface area (Å²) in [5.74, 6) is -1.09. The smallest absolute Gasteiger partial charge is 0.194 e. The number of phenols is 2. The molecule has 40 heavy (non-hydrogen) atoms. The number of carbonyl (C=O) groups excluding carboxylic acids is 3. The van der Waals surface area contributed by atoms with Gasteiger partial charge in [0, 0.05) is 36.8 Å². The highest BCUT2D eigenvalue weighted by Crippen LogP contribution is 2.57. The third-order valence-corrected chi connectivity index (χ3v) is 7.78. The van der Waals surface area contributed by atoms with Crippen LogP contribution in [0.3, 0.4) is 0 Å². The first kappa shape index (κ1) is 27.2. The first-order valence-electron chi connectivity index (χ1n) is 13.4. The number of ether oxygens (including phenoxy) is 1.